The van der Waals surface area contributed by atoms with Crippen molar-refractivity contribution in [1.29, 1.82) is 0 Å². The SMILES string of the molecule is CC1CCCC(C)N1c1nc2c(c(=O)[nH]1)C(C(=O)NCCc1ccccc1)CC(=O)N2. The van der Waals surface area contributed by atoms with Crippen LogP contribution in [0, 0.1) is 0 Å². The maximum atomic E-state index is 13.0. The lowest BCUT2D eigenvalue weighted by Crippen LogP contribution is -2.46. The van der Waals surface area contributed by atoms with Gasteiger partial charge in [0.1, 0.15) is 5.82 Å². The Hall–Kier alpha value is -3.16. The number of piperidine rings is 1. The van der Waals surface area contributed by atoms with Crippen molar-refractivity contribution in [2.45, 2.75) is 64.0 Å². The number of rotatable bonds is 5. The zero-order chi connectivity index (χ0) is 22.0. The van der Waals surface area contributed by atoms with Crippen LogP contribution < -0.4 is 21.1 Å². The lowest BCUT2D eigenvalue weighted by Gasteiger charge is -2.39. The molecule has 164 valence electrons. The van der Waals surface area contributed by atoms with E-state index < -0.39 is 5.92 Å². The highest BCUT2D eigenvalue weighted by molar-refractivity contribution is 6.00. The van der Waals surface area contributed by atoms with E-state index in [1.807, 2.05) is 30.3 Å². The summed E-state index contributed by atoms with van der Waals surface area (Å²) in [4.78, 5) is 47.7. The number of hydrogen-bond acceptors (Lipinski definition) is 5. The van der Waals surface area contributed by atoms with Crippen molar-refractivity contribution in [3.63, 3.8) is 0 Å². The molecule has 3 heterocycles. The molecule has 0 aliphatic carbocycles. The second-order valence-corrected chi connectivity index (χ2v) is 8.52. The number of nitrogens with zero attached hydrogens (tertiary/aromatic N) is 2. The van der Waals surface area contributed by atoms with E-state index in [0.717, 1.165) is 24.8 Å². The quantitative estimate of drug-likeness (QED) is 0.684. The van der Waals surface area contributed by atoms with E-state index in [1.54, 1.807) is 0 Å². The number of aromatic amines is 1. The van der Waals surface area contributed by atoms with Gasteiger partial charge < -0.3 is 15.5 Å². The van der Waals surface area contributed by atoms with Crippen molar-refractivity contribution in [2.24, 2.45) is 0 Å². The predicted molar refractivity (Wildman–Crippen MR) is 119 cm³/mol. The van der Waals surface area contributed by atoms with Crippen molar-refractivity contribution in [3.05, 3.63) is 51.8 Å². The van der Waals surface area contributed by atoms with Crippen molar-refractivity contribution in [1.82, 2.24) is 15.3 Å². The molecule has 4 rings (SSSR count). The number of anilines is 2. The normalized spacial score (nSPS) is 23.1. The van der Waals surface area contributed by atoms with Crippen LogP contribution >= 0.6 is 0 Å². The number of nitrogens with one attached hydrogen (secondary N) is 3. The average molecular weight is 424 g/mol. The largest absolute Gasteiger partial charge is 0.355 e. The number of carbonyl (C=O) groups excluding carboxylic acids is 2. The minimum absolute atomic E-state index is 0.0647. The van der Waals surface area contributed by atoms with Gasteiger partial charge in [-0.3, -0.25) is 19.4 Å². The van der Waals surface area contributed by atoms with Gasteiger partial charge in [-0.25, -0.2) is 0 Å². The molecule has 2 aliphatic heterocycles. The fraction of sp³-hybridized carbons (Fsp3) is 0.478. The Labute approximate surface area is 181 Å². The number of aromatic nitrogens is 2. The van der Waals surface area contributed by atoms with Crippen LogP contribution in [0.15, 0.2) is 35.1 Å². The Morgan fingerprint density at radius 3 is 2.58 bits per heavy atom. The Balaban J connectivity index is 1.55. The molecule has 2 aromatic rings. The van der Waals surface area contributed by atoms with Gasteiger partial charge in [0, 0.05) is 25.0 Å². The van der Waals surface area contributed by atoms with Crippen LogP contribution in [0.25, 0.3) is 0 Å². The number of benzene rings is 1. The molecule has 3 atom stereocenters. The van der Waals surface area contributed by atoms with Crippen LogP contribution in [-0.2, 0) is 16.0 Å². The fourth-order valence-corrected chi connectivity index (χ4v) is 4.64. The van der Waals surface area contributed by atoms with Gasteiger partial charge in [-0.15, -0.1) is 0 Å². The van der Waals surface area contributed by atoms with Gasteiger partial charge in [-0.1, -0.05) is 30.3 Å². The number of amides is 2. The Kier molecular flexibility index (Phi) is 6.06. The molecule has 0 saturated carbocycles. The van der Waals surface area contributed by atoms with E-state index in [4.69, 9.17) is 0 Å². The second-order valence-electron chi connectivity index (χ2n) is 8.52. The van der Waals surface area contributed by atoms with Gasteiger partial charge in [0.25, 0.3) is 5.56 Å². The first kappa shape index (κ1) is 21.1. The summed E-state index contributed by atoms with van der Waals surface area (Å²) in [6.45, 7) is 4.65. The van der Waals surface area contributed by atoms with Crippen molar-refractivity contribution in [3.8, 4) is 0 Å². The second kappa shape index (κ2) is 8.91. The molecule has 1 fully saturated rings. The molecule has 2 amide bonds. The molecule has 8 nitrogen and oxygen atoms in total. The first-order valence-corrected chi connectivity index (χ1v) is 11.0. The highest BCUT2D eigenvalue weighted by Crippen LogP contribution is 2.31. The fourth-order valence-electron chi connectivity index (χ4n) is 4.64. The van der Waals surface area contributed by atoms with Crippen LogP contribution in [0.5, 0.6) is 0 Å². The molecular formula is C23H29N5O3. The highest BCUT2D eigenvalue weighted by Gasteiger charge is 2.36. The summed E-state index contributed by atoms with van der Waals surface area (Å²) in [6.07, 6.45) is 3.78. The first-order valence-electron chi connectivity index (χ1n) is 11.0. The van der Waals surface area contributed by atoms with E-state index in [0.29, 0.717) is 18.9 Å². The van der Waals surface area contributed by atoms with Crippen molar-refractivity contribution >= 4 is 23.6 Å². The van der Waals surface area contributed by atoms with Crippen LogP contribution in [0.2, 0.25) is 0 Å². The average Bonchev–Trinajstić information content (AvgIpc) is 2.73. The number of carbonyl (C=O) groups is 2. The molecule has 0 radical (unpaired) electrons. The molecule has 0 spiro atoms. The van der Waals surface area contributed by atoms with E-state index in [9.17, 15) is 14.4 Å². The molecule has 1 aromatic heterocycles. The van der Waals surface area contributed by atoms with Gasteiger partial charge in [0.2, 0.25) is 17.8 Å². The van der Waals surface area contributed by atoms with E-state index >= 15 is 0 Å². The molecule has 2 aliphatic rings. The van der Waals surface area contributed by atoms with Crippen molar-refractivity contribution in [2.75, 3.05) is 16.8 Å². The molecule has 3 unspecified atom stereocenters. The predicted octanol–water partition coefficient (Wildman–Crippen LogP) is 2.32. The number of H-pyrrole nitrogens is 1. The lowest BCUT2D eigenvalue weighted by atomic mass is 9.92. The van der Waals surface area contributed by atoms with Crippen LogP contribution in [0.3, 0.4) is 0 Å². The summed E-state index contributed by atoms with van der Waals surface area (Å²) in [7, 11) is 0. The minimum atomic E-state index is -0.846. The van der Waals surface area contributed by atoms with Gasteiger partial charge in [0.05, 0.1) is 11.5 Å². The Morgan fingerprint density at radius 1 is 1.16 bits per heavy atom. The zero-order valence-corrected chi connectivity index (χ0v) is 18.0. The summed E-state index contributed by atoms with van der Waals surface area (Å²) in [5, 5.41) is 5.57. The third kappa shape index (κ3) is 4.47. The zero-order valence-electron chi connectivity index (χ0n) is 18.0. The van der Waals surface area contributed by atoms with E-state index in [1.165, 1.54) is 0 Å². The van der Waals surface area contributed by atoms with E-state index in [2.05, 4.69) is 39.3 Å². The van der Waals surface area contributed by atoms with E-state index in [-0.39, 0.29) is 47.3 Å². The lowest BCUT2D eigenvalue weighted by molar-refractivity contribution is -0.126. The smallest absolute Gasteiger partial charge is 0.258 e. The molecule has 0 bridgehead atoms. The monoisotopic (exact) mass is 423 g/mol. The Bertz CT molecular complexity index is 1010. The standard InChI is InChI=1S/C23H29N5O3/c1-14-7-6-8-15(2)28(14)23-26-20-19(22(31)27-23)17(13-18(29)25-20)21(30)24-12-11-16-9-4-3-5-10-16/h3-5,9-10,14-15,17H,6-8,11-13H2,1-2H3,(H,24,30)(H2,25,26,27,29,31). The minimum Gasteiger partial charge on any atom is -0.355 e. The third-order valence-corrected chi connectivity index (χ3v) is 6.25. The maximum Gasteiger partial charge on any atom is 0.258 e. The molecule has 1 saturated heterocycles. The number of fused-ring (bicyclic) bond motifs is 1. The summed E-state index contributed by atoms with van der Waals surface area (Å²) in [5.74, 6) is -0.829. The first-order chi connectivity index (χ1) is 14.9. The molecule has 8 heteroatoms. The van der Waals surface area contributed by atoms with Gasteiger partial charge >= 0.3 is 0 Å². The topological polar surface area (TPSA) is 107 Å². The molecular weight excluding hydrogens is 394 g/mol. The van der Waals surface area contributed by atoms with Gasteiger partial charge in [0.15, 0.2) is 0 Å². The van der Waals surface area contributed by atoms with Crippen LogP contribution in [-0.4, -0.2) is 40.4 Å². The molecule has 31 heavy (non-hydrogen) atoms. The van der Waals surface area contributed by atoms with Crippen LogP contribution in [0.1, 0.15) is 56.6 Å². The maximum absolute atomic E-state index is 13.0. The van der Waals surface area contributed by atoms with Crippen LogP contribution in [0.4, 0.5) is 11.8 Å². The summed E-state index contributed by atoms with van der Waals surface area (Å²) in [6, 6.07) is 10.3. The molecule has 1 aromatic carbocycles. The van der Waals surface area contributed by atoms with Gasteiger partial charge in [-0.2, -0.15) is 4.98 Å². The van der Waals surface area contributed by atoms with Crippen molar-refractivity contribution < 1.29 is 9.59 Å². The summed E-state index contributed by atoms with van der Waals surface area (Å²) < 4.78 is 0. The summed E-state index contributed by atoms with van der Waals surface area (Å²) in [5.41, 5.74) is 0.976. The third-order valence-electron chi connectivity index (χ3n) is 6.25. The highest BCUT2D eigenvalue weighted by atomic mass is 16.2. The summed E-state index contributed by atoms with van der Waals surface area (Å²) >= 11 is 0. The number of hydrogen-bond donors (Lipinski definition) is 3. The Morgan fingerprint density at radius 2 is 1.87 bits per heavy atom. The molecule has 3 N–H and O–H groups in total. The van der Waals surface area contributed by atoms with Gasteiger partial charge in [-0.05, 0) is 45.1 Å².